The molecule has 3 fully saturated rings. The lowest BCUT2D eigenvalue weighted by Gasteiger charge is -2.69. The fourth-order valence-corrected chi connectivity index (χ4v) is 10.3. The summed E-state index contributed by atoms with van der Waals surface area (Å²) in [6.07, 6.45) is 11.5. The molecule has 3 nitrogen and oxygen atoms in total. The minimum Gasteiger partial charge on any atom is -0.481 e. The van der Waals surface area contributed by atoms with Crippen LogP contribution in [0.1, 0.15) is 119 Å². The molecule has 7 atom stereocenters. The highest BCUT2D eigenvalue weighted by Gasteiger charge is 2.66. The van der Waals surface area contributed by atoms with Crippen molar-refractivity contribution in [3.63, 3.8) is 0 Å². The van der Waals surface area contributed by atoms with Crippen LogP contribution in [0.5, 0.6) is 0 Å². The number of carbonyl (C=O) groups is 2. The Morgan fingerprint density at radius 3 is 2.12 bits per heavy atom. The second kappa shape index (κ2) is 6.76. The Bertz CT molecular complexity index is 944. The number of carbonyl (C=O) groups excluding carboxylic acids is 1. The lowest BCUT2D eigenvalue weighted by molar-refractivity contribution is -0.174. The van der Waals surface area contributed by atoms with Gasteiger partial charge in [-0.2, -0.15) is 0 Å². The molecule has 0 aromatic carbocycles. The zero-order chi connectivity index (χ0) is 24.2. The minimum atomic E-state index is -0.599. The van der Waals surface area contributed by atoms with E-state index in [9.17, 15) is 14.7 Å². The Kier molecular flexibility index (Phi) is 4.83. The molecule has 0 spiro atoms. The summed E-state index contributed by atoms with van der Waals surface area (Å²) in [6.45, 7) is 16.5. The number of allylic oxidation sites excluding steroid dienone is 2. The fourth-order valence-electron chi connectivity index (χ4n) is 10.3. The third-order valence-electron chi connectivity index (χ3n) is 13.0. The van der Waals surface area contributed by atoms with Crippen molar-refractivity contribution in [2.45, 2.75) is 119 Å². The van der Waals surface area contributed by atoms with Crippen molar-refractivity contribution < 1.29 is 14.7 Å². The maximum absolute atomic E-state index is 12.9. The number of hydrogen-bond acceptors (Lipinski definition) is 2. The van der Waals surface area contributed by atoms with Gasteiger partial charge in [0.1, 0.15) is 5.78 Å². The summed E-state index contributed by atoms with van der Waals surface area (Å²) in [7, 11) is 0. The van der Waals surface area contributed by atoms with Gasteiger partial charge >= 0.3 is 5.97 Å². The molecule has 0 aromatic rings. The van der Waals surface area contributed by atoms with Gasteiger partial charge in [-0.05, 0) is 105 Å². The van der Waals surface area contributed by atoms with Gasteiger partial charge in [-0.15, -0.1) is 0 Å². The number of ketones is 1. The van der Waals surface area contributed by atoms with E-state index in [0.717, 1.165) is 51.4 Å². The third-order valence-corrected chi connectivity index (χ3v) is 13.0. The summed E-state index contributed by atoms with van der Waals surface area (Å²) in [5.74, 6) is 0.780. The molecule has 1 N–H and O–H groups in total. The summed E-state index contributed by atoms with van der Waals surface area (Å²) in [5, 5.41) is 10.1. The van der Waals surface area contributed by atoms with Crippen LogP contribution in [-0.4, -0.2) is 16.9 Å². The van der Waals surface area contributed by atoms with E-state index in [0.29, 0.717) is 17.6 Å². The highest BCUT2D eigenvalue weighted by atomic mass is 16.4. The topological polar surface area (TPSA) is 54.4 Å². The molecule has 184 valence electrons. The van der Waals surface area contributed by atoms with E-state index in [1.165, 1.54) is 19.3 Å². The summed E-state index contributed by atoms with van der Waals surface area (Å²) >= 11 is 0. The van der Waals surface area contributed by atoms with Gasteiger partial charge in [-0.25, -0.2) is 0 Å². The molecule has 0 amide bonds. The number of fused-ring (bicyclic) bond motifs is 6. The smallest absolute Gasteiger partial charge is 0.309 e. The Hall–Kier alpha value is -1.12. The first kappa shape index (κ1) is 23.6. The van der Waals surface area contributed by atoms with Crippen molar-refractivity contribution in [3.05, 3.63) is 11.1 Å². The van der Waals surface area contributed by atoms with Crippen molar-refractivity contribution in [3.8, 4) is 0 Å². The zero-order valence-electron chi connectivity index (χ0n) is 22.2. The maximum Gasteiger partial charge on any atom is 0.309 e. The summed E-state index contributed by atoms with van der Waals surface area (Å²) in [5.41, 5.74) is 3.35. The first-order valence-corrected chi connectivity index (χ1v) is 13.6. The number of carboxylic acids is 1. The second-order valence-corrected chi connectivity index (χ2v) is 14.6. The van der Waals surface area contributed by atoms with Gasteiger partial charge in [-0.1, -0.05) is 52.7 Å². The molecular formula is C30H46O3. The van der Waals surface area contributed by atoms with Gasteiger partial charge in [0.25, 0.3) is 0 Å². The first-order valence-electron chi connectivity index (χ1n) is 13.6. The minimum absolute atomic E-state index is 0.151. The van der Waals surface area contributed by atoms with Crippen LogP contribution in [0, 0.1) is 44.3 Å². The quantitative estimate of drug-likeness (QED) is 0.415. The van der Waals surface area contributed by atoms with Crippen LogP contribution in [0.25, 0.3) is 0 Å². The molecular weight excluding hydrogens is 408 g/mol. The van der Waals surface area contributed by atoms with Crippen molar-refractivity contribution in [2.24, 2.45) is 44.3 Å². The van der Waals surface area contributed by atoms with E-state index in [1.54, 1.807) is 11.1 Å². The Balaban J connectivity index is 1.59. The predicted octanol–water partition coefficient (Wildman–Crippen LogP) is 7.59. The van der Waals surface area contributed by atoms with Crippen LogP contribution in [0.3, 0.4) is 0 Å². The Morgan fingerprint density at radius 2 is 1.45 bits per heavy atom. The first-order chi connectivity index (χ1) is 15.1. The van der Waals surface area contributed by atoms with Crippen molar-refractivity contribution in [2.75, 3.05) is 0 Å². The molecule has 5 aliphatic rings. The van der Waals surface area contributed by atoms with Crippen LogP contribution in [0.15, 0.2) is 11.1 Å². The van der Waals surface area contributed by atoms with E-state index in [-0.39, 0.29) is 27.1 Å². The summed E-state index contributed by atoms with van der Waals surface area (Å²) < 4.78 is 0. The molecule has 0 radical (unpaired) electrons. The number of hydrogen-bond donors (Lipinski definition) is 1. The van der Waals surface area contributed by atoms with Crippen LogP contribution >= 0.6 is 0 Å². The van der Waals surface area contributed by atoms with E-state index < -0.39 is 11.4 Å². The van der Waals surface area contributed by atoms with E-state index >= 15 is 0 Å². The normalized spacial score (nSPS) is 51.2. The van der Waals surface area contributed by atoms with Crippen LogP contribution in [0.2, 0.25) is 0 Å². The summed E-state index contributed by atoms with van der Waals surface area (Å²) in [4.78, 5) is 25.1. The number of aliphatic carboxylic acids is 1. The lowest BCUT2D eigenvalue weighted by atomic mass is 9.35. The molecule has 0 aromatic heterocycles. The average molecular weight is 455 g/mol. The lowest BCUT2D eigenvalue weighted by Crippen LogP contribution is -2.61. The highest BCUT2D eigenvalue weighted by molar-refractivity contribution is 5.85. The van der Waals surface area contributed by atoms with Crippen LogP contribution < -0.4 is 0 Å². The van der Waals surface area contributed by atoms with Crippen molar-refractivity contribution in [1.29, 1.82) is 0 Å². The second-order valence-electron chi connectivity index (χ2n) is 14.6. The highest BCUT2D eigenvalue weighted by Crippen LogP contribution is 2.74. The van der Waals surface area contributed by atoms with Gasteiger partial charge in [0.05, 0.1) is 5.41 Å². The van der Waals surface area contributed by atoms with Gasteiger partial charge < -0.3 is 5.11 Å². The van der Waals surface area contributed by atoms with Gasteiger partial charge in [0, 0.05) is 11.8 Å². The maximum atomic E-state index is 12.9. The van der Waals surface area contributed by atoms with Gasteiger partial charge in [0.2, 0.25) is 0 Å². The van der Waals surface area contributed by atoms with E-state index in [2.05, 4.69) is 41.5 Å². The standard InChI is InChI=1S/C30H46O3/c1-25(2)21-9-8-20-19(28(21,5)12-11-23(25)31)10-13-30(7)22-18-27(4,24(32)33)15-14-26(22,3)16-17-29(20,30)6/h21-22H,8-18H2,1-7H3,(H,32,33)/t21-,22+,26+,27+,28+,29+,30-/m0/s1. The monoisotopic (exact) mass is 454 g/mol. The Morgan fingerprint density at radius 1 is 0.788 bits per heavy atom. The molecule has 0 unspecified atom stereocenters. The van der Waals surface area contributed by atoms with E-state index in [1.807, 2.05) is 6.92 Å². The SMILES string of the molecule is CC1(C)C(=O)CC[C@]2(C)C3=C(CC[C@@H]12)[C@@]1(C)CC[C@@]2(C)CC[C@@](C)(C(=O)O)C[C@H]2[C@]1(C)CC3. The molecule has 3 heteroatoms. The molecule has 3 saturated carbocycles. The molecule has 0 aliphatic heterocycles. The van der Waals surface area contributed by atoms with Crippen molar-refractivity contribution in [1.82, 2.24) is 0 Å². The molecule has 33 heavy (non-hydrogen) atoms. The number of Topliss-reactive ketones (excluding diaryl/α,β-unsaturated/α-hetero) is 1. The van der Waals surface area contributed by atoms with Crippen molar-refractivity contribution >= 4 is 11.8 Å². The third kappa shape index (κ3) is 2.80. The van der Waals surface area contributed by atoms with Crippen LogP contribution in [-0.2, 0) is 9.59 Å². The van der Waals surface area contributed by atoms with Crippen LogP contribution in [0.4, 0.5) is 0 Å². The molecule has 0 saturated heterocycles. The fraction of sp³-hybridized carbons (Fsp3) is 0.867. The number of carboxylic acid groups (broad SMARTS) is 1. The largest absolute Gasteiger partial charge is 0.481 e. The van der Waals surface area contributed by atoms with Gasteiger partial charge in [-0.3, -0.25) is 9.59 Å². The van der Waals surface area contributed by atoms with E-state index in [4.69, 9.17) is 0 Å². The predicted molar refractivity (Wildman–Crippen MR) is 132 cm³/mol. The number of rotatable bonds is 1. The zero-order valence-corrected chi connectivity index (χ0v) is 22.2. The Labute approximate surface area is 201 Å². The molecule has 0 bridgehead atoms. The average Bonchev–Trinajstić information content (AvgIpc) is 2.74. The summed E-state index contributed by atoms with van der Waals surface area (Å²) in [6, 6.07) is 0. The molecule has 5 aliphatic carbocycles. The molecule has 5 rings (SSSR count). The molecule has 0 heterocycles. The van der Waals surface area contributed by atoms with Gasteiger partial charge in [0.15, 0.2) is 0 Å².